The fourth-order valence-corrected chi connectivity index (χ4v) is 3.64. The minimum atomic E-state index is -0.941. The number of carboxylic acid groups (broad SMARTS) is 1. The van der Waals surface area contributed by atoms with E-state index >= 15 is 0 Å². The Hall–Kier alpha value is -1.59. The lowest BCUT2D eigenvalue weighted by Gasteiger charge is -2.33. The molecule has 0 aromatic heterocycles. The molecule has 3 amide bonds. The first kappa shape index (κ1) is 9.62. The van der Waals surface area contributed by atoms with Crippen LogP contribution in [0, 0.1) is 17.8 Å². The van der Waals surface area contributed by atoms with Crippen LogP contribution < -0.4 is 10.6 Å². The van der Waals surface area contributed by atoms with Crippen molar-refractivity contribution in [3.63, 3.8) is 0 Å². The summed E-state index contributed by atoms with van der Waals surface area (Å²) in [6.07, 6.45) is 1.94. The summed E-state index contributed by atoms with van der Waals surface area (Å²) in [5.41, 5.74) is -0.941. The molecule has 0 aromatic carbocycles. The highest BCUT2D eigenvalue weighted by Crippen LogP contribution is 2.54. The lowest BCUT2D eigenvalue weighted by molar-refractivity contribution is -0.145. The Labute approximate surface area is 91.4 Å². The number of carbonyl (C=O) groups is 3. The number of hydrogen-bond acceptors (Lipinski definition) is 3. The van der Waals surface area contributed by atoms with Crippen LogP contribution in [0.5, 0.6) is 0 Å². The molecule has 3 rings (SSSR count). The Morgan fingerprint density at radius 1 is 1.38 bits per heavy atom. The van der Waals surface area contributed by atoms with E-state index in [1.54, 1.807) is 0 Å². The van der Waals surface area contributed by atoms with Gasteiger partial charge >= 0.3 is 12.0 Å². The molecule has 0 unspecified atom stereocenters. The number of imide groups is 1. The van der Waals surface area contributed by atoms with Gasteiger partial charge in [-0.15, -0.1) is 0 Å². The molecule has 16 heavy (non-hydrogen) atoms. The van der Waals surface area contributed by atoms with Crippen molar-refractivity contribution in [1.82, 2.24) is 10.6 Å². The van der Waals surface area contributed by atoms with Crippen molar-refractivity contribution >= 4 is 17.9 Å². The fourth-order valence-electron chi connectivity index (χ4n) is 3.64. The maximum Gasteiger partial charge on any atom is 0.322 e. The van der Waals surface area contributed by atoms with Crippen LogP contribution in [0.25, 0.3) is 0 Å². The van der Waals surface area contributed by atoms with Crippen LogP contribution in [-0.2, 0) is 9.59 Å². The topological polar surface area (TPSA) is 95.5 Å². The van der Waals surface area contributed by atoms with Crippen LogP contribution in [0.2, 0.25) is 0 Å². The standard InChI is InChI=1S/C10H12N2O4/c13-7(14)5-1-4-2-6(5)10(3-4)8(15)11-9(16)12-10/h4-6H,1-3H2,(H,13,14)(H2,11,12,15,16)/t4-,5+,6-,10-/m0/s1. The van der Waals surface area contributed by atoms with E-state index in [9.17, 15) is 14.4 Å². The van der Waals surface area contributed by atoms with Crippen LogP contribution in [0.15, 0.2) is 0 Å². The summed E-state index contributed by atoms with van der Waals surface area (Å²) in [6, 6.07) is -0.498. The largest absolute Gasteiger partial charge is 0.481 e. The van der Waals surface area contributed by atoms with E-state index in [2.05, 4.69) is 10.6 Å². The lowest BCUT2D eigenvalue weighted by atomic mass is 9.74. The molecule has 0 radical (unpaired) electrons. The maximum atomic E-state index is 11.8. The molecule has 1 saturated heterocycles. The second-order valence-electron chi connectivity index (χ2n) is 4.97. The summed E-state index contributed by atoms with van der Waals surface area (Å²) in [5, 5.41) is 13.9. The van der Waals surface area contributed by atoms with E-state index in [-0.39, 0.29) is 17.7 Å². The summed E-state index contributed by atoms with van der Waals surface area (Å²) < 4.78 is 0. The van der Waals surface area contributed by atoms with Gasteiger partial charge in [-0.05, 0) is 25.2 Å². The number of hydrogen-bond donors (Lipinski definition) is 3. The molecule has 86 valence electrons. The summed E-state index contributed by atoms with van der Waals surface area (Å²) in [6.45, 7) is 0. The zero-order chi connectivity index (χ0) is 11.5. The van der Waals surface area contributed by atoms with Crippen LogP contribution >= 0.6 is 0 Å². The Bertz CT molecular complexity index is 408. The van der Waals surface area contributed by atoms with Crippen molar-refractivity contribution in [3.05, 3.63) is 0 Å². The molecule has 2 aliphatic carbocycles. The molecule has 0 aromatic rings. The molecule has 3 N–H and O–H groups in total. The molecule has 3 fully saturated rings. The van der Waals surface area contributed by atoms with Gasteiger partial charge in [-0.1, -0.05) is 0 Å². The maximum absolute atomic E-state index is 11.8. The van der Waals surface area contributed by atoms with Gasteiger partial charge in [-0.2, -0.15) is 0 Å². The van der Waals surface area contributed by atoms with Gasteiger partial charge in [0.05, 0.1) is 5.92 Å². The minimum absolute atomic E-state index is 0.246. The number of aliphatic carboxylic acids is 1. The Kier molecular flexibility index (Phi) is 1.65. The van der Waals surface area contributed by atoms with Gasteiger partial charge in [-0.3, -0.25) is 14.9 Å². The van der Waals surface area contributed by atoms with E-state index < -0.39 is 23.5 Å². The molecule has 1 heterocycles. The second-order valence-corrected chi connectivity index (χ2v) is 4.97. The Balaban J connectivity index is 1.96. The van der Waals surface area contributed by atoms with Crippen molar-refractivity contribution < 1.29 is 19.5 Å². The molecular weight excluding hydrogens is 212 g/mol. The van der Waals surface area contributed by atoms with Gasteiger partial charge < -0.3 is 10.4 Å². The highest BCUT2D eigenvalue weighted by Gasteiger charge is 2.64. The van der Waals surface area contributed by atoms with Gasteiger partial charge in [0.1, 0.15) is 5.54 Å². The number of carboxylic acids is 1. The first-order valence-electron chi connectivity index (χ1n) is 5.39. The number of fused-ring (bicyclic) bond motifs is 3. The van der Waals surface area contributed by atoms with Crippen molar-refractivity contribution in [2.24, 2.45) is 17.8 Å². The summed E-state index contributed by atoms with van der Waals surface area (Å²) in [5.74, 6) is -1.71. The number of urea groups is 1. The van der Waals surface area contributed by atoms with E-state index in [0.717, 1.165) is 6.42 Å². The molecule has 3 aliphatic rings. The smallest absolute Gasteiger partial charge is 0.322 e. The van der Waals surface area contributed by atoms with Crippen LogP contribution in [0.4, 0.5) is 4.79 Å². The molecule has 6 heteroatoms. The van der Waals surface area contributed by atoms with Crippen molar-refractivity contribution in [2.75, 3.05) is 0 Å². The third-order valence-corrected chi connectivity index (χ3v) is 4.19. The molecule has 6 nitrogen and oxygen atoms in total. The highest BCUT2D eigenvalue weighted by atomic mass is 16.4. The summed E-state index contributed by atoms with van der Waals surface area (Å²) in [4.78, 5) is 34.0. The van der Waals surface area contributed by atoms with E-state index in [1.165, 1.54) is 0 Å². The van der Waals surface area contributed by atoms with E-state index in [4.69, 9.17) is 5.11 Å². The number of rotatable bonds is 1. The van der Waals surface area contributed by atoms with Crippen LogP contribution in [-0.4, -0.2) is 28.6 Å². The van der Waals surface area contributed by atoms with Gasteiger partial charge in [0.25, 0.3) is 5.91 Å². The lowest BCUT2D eigenvalue weighted by Crippen LogP contribution is -2.54. The van der Waals surface area contributed by atoms with Crippen molar-refractivity contribution in [3.8, 4) is 0 Å². The number of amides is 3. The molecule has 4 atom stereocenters. The first-order chi connectivity index (χ1) is 7.53. The number of nitrogens with one attached hydrogen (secondary N) is 2. The summed E-state index contributed by atoms with van der Waals surface area (Å²) in [7, 11) is 0. The second kappa shape index (κ2) is 2.75. The van der Waals surface area contributed by atoms with Crippen LogP contribution in [0.1, 0.15) is 19.3 Å². The van der Waals surface area contributed by atoms with Crippen molar-refractivity contribution in [2.45, 2.75) is 24.8 Å². The zero-order valence-electron chi connectivity index (χ0n) is 8.53. The SMILES string of the molecule is O=C1NC(=O)[C@@]2(C[C@H]3C[C@@H](C(=O)O)[C@@H]2C3)N1. The third kappa shape index (κ3) is 0.989. The third-order valence-electron chi connectivity index (χ3n) is 4.19. The van der Waals surface area contributed by atoms with E-state index in [1.807, 2.05) is 0 Å². The predicted molar refractivity (Wildman–Crippen MR) is 51.4 cm³/mol. The quantitative estimate of drug-likeness (QED) is 0.532. The number of carbonyl (C=O) groups excluding carboxylic acids is 2. The first-order valence-corrected chi connectivity index (χ1v) is 5.39. The highest BCUT2D eigenvalue weighted by molar-refractivity contribution is 6.07. The normalized spacial score (nSPS) is 44.9. The minimum Gasteiger partial charge on any atom is -0.481 e. The van der Waals surface area contributed by atoms with E-state index in [0.29, 0.717) is 12.8 Å². The molecule has 1 aliphatic heterocycles. The van der Waals surface area contributed by atoms with Gasteiger partial charge in [0, 0.05) is 5.92 Å². The predicted octanol–water partition coefficient (Wildman–Crippen LogP) is -0.305. The Morgan fingerprint density at radius 2 is 2.12 bits per heavy atom. The summed E-state index contributed by atoms with van der Waals surface area (Å²) >= 11 is 0. The average Bonchev–Trinajstić information content (AvgIpc) is 2.80. The molecule has 1 spiro atoms. The fraction of sp³-hybridized carbons (Fsp3) is 0.700. The zero-order valence-corrected chi connectivity index (χ0v) is 8.53. The van der Waals surface area contributed by atoms with Crippen LogP contribution in [0.3, 0.4) is 0 Å². The Morgan fingerprint density at radius 3 is 2.62 bits per heavy atom. The monoisotopic (exact) mass is 224 g/mol. The van der Waals surface area contributed by atoms with Gasteiger partial charge in [0.15, 0.2) is 0 Å². The molecule has 2 bridgehead atoms. The van der Waals surface area contributed by atoms with Gasteiger partial charge in [-0.25, -0.2) is 4.79 Å². The molecular formula is C10H12N2O4. The van der Waals surface area contributed by atoms with Crippen molar-refractivity contribution in [1.29, 1.82) is 0 Å². The molecule has 2 saturated carbocycles. The average molecular weight is 224 g/mol. The van der Waals surface area contributed by atoms with Gasteiger partial charge in [0.2, 0.25) is 0 Å².